The predicted octanol–water partition coefficient (Wildman–Crippen LogP) is 5.59. The molecule has 138 valence electrons. The Morgan fingerprint density at radius 3 is 2.11 bits per heavy atom. The first-order valence-electron chi connectivity index (χ1n) is 10.2. The maximum absolute atomic E-state index is 6.35. The van der Waals surface area contributed by atoms with Crippen molar-refractivity contribution in [3.8, 4) is 0 Å². The Bertz CT molecular complexity index is 865. The van der Waals surface area contributed by atoms with E-state index in [2.05, 4.69) is 66.7 Å². The normalized spacial score (nSPS) is 33.9. The van der Waals surface area contributed by atoms with Gasteiger partial charge < -0.3 is 5.73 Å². The summed E-state index contributed by atoms with van der Waals surface area (Å²) in [5, 5.41) is 0. The second-order valence-corrected chi connectivity index (χ2v) is 9.51. The SMILES string of the molecule is NC(=S)C12CC3CC(c4ccccc4)(CC(C1)C3=CCc1ccccc1)C2. The Morgan fingerprint density at radius 1 is 0.926 bits per heavy atom. The highest BCUT2D eigenvalue weighted by atomic mass is 32.1. The summed E-state index contributed by atoms with van der Waals surface area (Å²) in [4.78, 5) is 0.763. The van der Waals surface area contributed by atoms with Crippen LogP contribution in [0, 0.1) is 17.3 Å². The molecule has 2 aromatic rings. The van der Waals surface area contributed by atoms with Gasteiger partial charge in [-0.2, -0.15) is 0 Å². The summed E-state index contributed by atoms with van der Waals surface area (Å²) < 4.78 is 0. The number of benzene rings is 2. The molecule has 4 fully saturated rings. The van der Waals surface area contributed by atoms with Gasteiger partial charge in [0.15, 0.2) is 0 Å². The topological polar surface area (TPSA) is 26.0 Å². The van der Waals surface area contributed by atoms with Crippen molar-refractivity contribution in [3.63, 3.8) is 0 Å². The molecule has 4 saturated carbocycles. The van der Waals surface area contributed by atoms with Crippen LogP contribution in [0.4, 0.5) is 0 Å². The lowest BCUT2D eigenvalue weighted by molar-refractivity contribution is 0.00708. The van der Waals surface area contributed by atoms with Crippen LogP contribution in [-0.4, -0.2) is 4.99 Å². The van der Waals surface area contributed by atoms with Crippen molar-refractivity contribution in [1.29, 1.82) is 0 Å². The Hall–Kier alpha value is -1.93. The van der Waals surface area contributed by atoms with E-state index in [0.29, 0.717) is 11.8 Å². The van der Waals surface area contributed by atoms with Gasteiger partial charge in [-0.3, -0.25) is 0 Å². The van der Waals surface area contributed by atoms with Gasteiger partial charge in [-0.15, -0.1) is 0 Å². The highest BCUT2D eigenvalue weighted by Crippen LogP contribution is 2.67. The summed E-state index contributed by atoms with van der Waals surface area (Å²) >= 11 is 5.62. The third-order valence-electron chi connectivity index (χ3n) is 7.49. The lowest BCUT2D eigenvalue weighted by Gasteiger charge is -2.63. The van der Waals surface area contributed by atoms with Crippen LogP contribution in [0.1, 0.15) is 43.2 Å². The Balaban J connectivity index is 1.51. The average Bonchev–Trinajstić information content (AvgIpc) is 2.68. The number of thiocarbonyl (C=S) groups is 1. The molecule has 27 heavy (non-hydrogen) atoms. The first kappa shape index (κ1) is 17.2. The zero-order valence-electron chi connectivity index (χ0n) is 15.7. The van der Waals surface area contributed by atoms with Crippen molar-refractivity contribution in [3.05, 3.63) is 83.4 Å². The molecule has 1 nitrogen and oxygen atoms in total. The van der Waals surface area contributed by atoms with Gasteiger partial charge in [-0.05, 0) is 66.9 Å². The summed E-state index contributed by atoms with van der Waals surface area (Å²) in [6.45, 7) is 0. The zero-order chi connectivity index (χ0) is 18.5. The molecule has 0 amide bonds. The van der Waals surface area contributed by atoms with E-state index in [9.17, 15) is 0 Å². The minimum absolute atomic E-state index is 0.0705. The van der Waals surface area contributed by atoms with E-state index in [1.54, 1.807) is 5.57 Å². The summed E-state index contributed by atoms with van der Waals surface area (Å²) in [7, 11) is 0. The largest absolute Gasteiger partial charge is 0.393 e. The number of rotatable bonds is 4. The van der Waals surface area contributed by atoms with Crippen LogP contribution in [-0.2, 0) is 11.8 Å². The lowest BCUT2D eigenvalue weighted by Crippen LogP contribution is -2.58. The fraction of sp³-hybridized carbons (Fsp3) is 0.400. The minimum Gasteiger partial charge on any atom is -0.393 e. The van der Waals surface area contributed by atoms with Crippen molar-refractivity contribution >= 4 is 17.2 Å². The van der Waals surface area contributed by atoms with Crippen LogP contribution in [0.2, 0.25) is 0 Å². The van der Waals surface area contributed by atoms with Gasteiger partial charge in [0.05, 0.1) is 4.99 Å². The molecule has 2 heteroatoms. The fourth-order valence-electron chi connectivity index (χ4n) is 6.54. The van der Waals surface area contributed by atoms with Gasteiger partial charge in [-0.1, -0.05) is 84.5 Å². The molecule has 0 radical (unpaired) electrons. The van der Waals surface area contributed by atoms with E-state index < -0.39 is 0 Å². The summed E-state index contributed by atoms with van der Waals surface area (Å²) in [6, 6.07) is 22.0. The maximum atomic E-state index is 6.35. The molecule has 2 unspecified atom stereocenters. The second kappa shape index (κ2) is 6.31. The number of nitrogens with two attached hydrogens (primary N) is 1. The Morgan fingerprint density at radius 2 is 1.52 bits per heavy atom. The number of hydrogen-bond donors (Lipinski definition) is 1. The lowest BCUT2D eigenvalue weighted by atomic mass is 9.41. The molecule has 0 aliphatic heterocycles. The van der Waals surface area contributed by atoms with Crippen molar-refractivity contribution in [2.45, 2.75) is 43.9 Å². The average molecular weight is 374 g/mol. The van der Waals surface area contributed by atoms with Crippen LogP contribution in [0.5, 0.6) is 0 Å². The maximum Gasteiger partial charge on any atom is 0.0790 e. The minimum atomic E-state index is 0.0705. The van der Waals surface area contributed by atoms with Crippen molar-refractivity contribution in [2.75, 3.05) is 0 Å². The predicted molar refractivity (Wildman–Crippen MR) is 116 cm³/mol. The van der Waals surface area contributed by atoms with Crippen LogP contribution >= 0.6 is 12.2 Å². The third kappa shape index (κ3) is 2.77. The molecule has 4 bridgehead atoms. The first-order chi connectivity index (χ1) is 13.1. The van der Waals surface area contributed by atoms with Crippen LogP contribution in [0.15, 0.2) is 72.3 Å². The molecular weight excluding hydrogens is 346 g/mol. The second-order valence-electron chi connectivity index (χ2n) is 9.07. The molecule has 4 aliphatic rings. The first-order valence-corrected chi connectivity index (χ1v) is 10.6. The molecule has 0 saturated heterocycles. The molecule has 0 heterocycles. The molecule has 0 spiro atoms. The van der Waals surface area contributed by atoms with Crippen LogP contribution in [0.25, 0.3) is 0 Å². The van der Waals surface area contributed by atoms with E-state index in [0.717, 1.165) is 30.7 Å². The zero-order valence-corrected chi connectivity index (χ0v) is 16.6. The van der Waals surface area contributed by atoms with Gasteiger partial charge in [0.2, 0.25) is 0 Å². The van der Waals surface area contributed by atoms with E-state index >= 15 is 0 Å². The summed E-state index contributed by atoms with van der Waals surface area (Å²) in [5.41, 5.74) is 11.3. The molecule has 2 aromatic carbocycles. The molecule has 6 rings (SSSR count). The van der Waals surface area contributed by atoms with Crippen LogP contribution < -0.4 is 5.73 Å². The smallest absolute Gasteiger partial charge is 0.0790 e. The number of hydrogen-bond acceptors (Lipinski definition) is 1. The van der Waals surface area contributed by atoms with Gasteiger partial charge in [0, 0.05) is 5.41 Å². The quantitative estimate of drug-likeness (QED) is 0.558. The van der Waals surface area contributed by atoms with Gasteiger partial charge in [-0.25, -0.2) is 0 Å². The highest BCUT2D eigenvalue weighted by Gasteiger charge is 2.60. The van der Waals surface area contributed by atoms with Gasteiger partial charge >= 0.3 is 0 Å². The molecule has 0 aromatic heterocycles. The monoisotopic (exact) mass is 373 g/mol. The highest BCUT2D eigenvalue weighted by molar-refractivity contribution is 7.80. The van der Waals surface area contributed by atoms with Crippen molar-refractivity contribution < 1.29 is 0 Å². The van der Waals surface area contributed by atoms with Crippen molar-refractivity contribution in [2.24, 2.45) is 23.0 Å². The Labute approximate surface area is 167 Å². The fourth-order valence-corrected chi connectivity index (χ4v) is 6.78. The van der Waals surface area contributed by atoms with Gasteiger partial charge in [0.25, 0.3) is 0 Å². The third-order valence-corrected chi connectivity index (χ3v) is 7.93. The van der Waals surface area contributed by atoms with Gasteiger partial charge in [0.1, 0.15) is 0 Å². The van der Waals surface area contributed by atoms with E-state index in [1.807, 2.05) is 0 Å². The van der Waals surface area contributed by atoms with E-state index in [1.165, 1.54) is 24.0 Å². The molecular formula is C25H27NS. The van der Waals surface area contributed by atoms with Crippen molar-refractivity contribution in [1.82, 2.24) is 0 Å². The van der Waals surface area contributed by atoms with Crippen LogP contribution in [0.3, 0.4) is 0 Å². The molecule has 2 atom stereocenters. The van der Waals surface area contributed by atoms with E-state index in [4.69, 9.17) is 18.0 Å². The standard InChI is InChI=1S/C25H27NS/c26-23(27)25-15-19-13-24(17-25,21-9-5-2-6-10-21)14-20(16-25)22(19)12-11-18-7-3-1-4-8-18/h1-10,12,19-20H,11,13-17H2,(H2,26,27). The van der Waals surface area contributed by atoms with E-state index in [-0.39, 0.29) is 10.8 Å². The Kier molecular flexibility index (Phi) is 4.01. The summed E-state index contributed by atoms with van der Waals surface area (Å²) in [5.74, 6) is 1.27. The summed E-state index contributed by atoms with van der Waals surface area (Å²) in [6.07, 6.45) is 9.58. The molecule has 4 aliphatic carbocycles. The molecule has 2 N–H and O–H groups in total. The number of allylic oxidation sites excluding steroid dienone is 2.